The van der Waals surface area contributed by atoms with Gasteiger partial charge in [-0.1, -0.05) is 36.4 Å². The zero-order chi connectivity index (χ0) is 19.3. The van der Waals surface area contributed by atoms with Crippen molar-refractivity contribution in [3.8, 4) is 5.69 Å². The van der Waals surface area contributed by atoms with Crippen LogP contribution in [0.3, 0.4) is 0 Å². The monoisotopic (exact) mass is 481 g/mol. The third kappa shape index (κ3) is 4.20. The fourth-order valence-corrected chi connectivity index (χ4v) is 2.98. The number of carbonyl (C=O) groups excluding carboxylic acids is 1. The molecule has 1 aromatic heterocycles. The number of hydrogen-bond acceptors (Lipinski definition) is 4. The average molecular weight is 481 g/mol. The number of aromatic nitrogens is 3. The van der Waals surface area contributed by atoms with Gasteiger partial charge in [-0.25, -0.2) is 0 Å². The first-order valence-electron chi connectivity index (χ1n) is 8.60. The second-order valence-electron chi connectivity index (χ2n) is 5.96. The molecule has 1 heterocycles. The van der Waals surface area contributed by atoms with E-state index in [4.69, 9.17) is 0 Å². The second kappa shape index (κ2) is 8.22. The summed E-state index contributed by atoms with van der Waals surface area (Å²) in [5.74, 6) is 0.480. The summed E-state index contributed by atoms with van der Waals surface area (Å²) < 4.78 is 2.79. The molecule has 2 N–H and O–H groups in total. The summed E-state index contributed by atoms with van der Waals surface area (Å²) in [6, 6.07) is 26.6. The van der Waals surface area contributed by atoms with E-state index in [1.165, 1.54) is 0 Å². The molecule has 3 aromatic carbocycles. The van der Waals surface area contributed by atoms with Crippen LogP contribution in [0.25, 0.3) is 5.69 Å². The predicted octanol–water partition coefficient (Wildman–Crippen LogP) is 4.87. The van der Waals surface area contributed by atoms with Crippen molar-refractivity contribution in [2.24, 2.45) is 0 Å². The molecule has 0 aliphatic heterocycles. The topological polar surface area (TPSA) is 71.8 Å². The quantitative estimate of drug-likeness (QED) is 0.399. The number of anilines is 3. The van der Waals surface area contributed by atoms with E-state index in [1.54, 1.807) is 16.8 Å². The molecule has 28 heavy (non-hydrogen) atoms. The minimum Gasteiger partial charge on any atom is -0.324 e. The molecule has 0 atom stereocenters. The van der Waals surface area contributed by atoms with Crippen LogP contribution in [0.2, 0.25) is 0 Å². The lowest BCUT2D eigenvalue weighted by Gasteiger charge is -2.07. The van der Waals surface area contributed by atoms with Gasteiger partial charge in [0.05, 0.1) is 5.69 Å². The molecule has 0 aliphatic carbocycles. The Morgan fingerprint density at radius 2 is 1.50 bits per heavy atom. The van der Waals surface area contributed by atoms with E-state index in [0.717, 1.165) is 14.9 Å². The maximum atomic E-state index is 12.5. The molecule has 0 spiro atoms. The number of carbonyl (C=O) groups is 1. The van der Waals surface area contributed by atoms with Crippen LogP contribution in [0, 0.1) is 3.57 Å². The van der Waals surface area contributed by atoms with Crippen LogP contribution in [-0.2, 0) is 0 Å². The summed E-state index contributed by atoms with van der Waals surface area (Å²) in [6.07, 6.45) is 0. The minimum absolute atomic E-state index is 0.228. The van der Waals surface area contributed by atoms with Gasteiger partial charge in [-0.05, 0) is 71.1 Å². The molecular weight excluding hydrogens is 465 g/mol. The van der Waals surface area contributed by atoms with Crippen molar-refractivity contribution in [1.29, 1.82) is 0 Å². The van der Waals surface area contributed by atoms with Gasteiger partial charge in [-0.3, -0.25) is 10.1 Å². The van der Waals surface area contributed by atoms with E-state index >= 15 is 0 Å². The van der Waals surface area contributed by atoms with Gasteiger partial charge in [0.2, 0.25) is 5.95 Å². The van der Waals surface area contributed by atoms with Gasteiger partial charge in [-0.2, -0.15) is 9.67 Å². The summed E-state index contributed by atoms with van der Waals surface area (Å²) in [7, 11) is 0. The van der Waals surface area contributed by atoms with E-state index in [1.807, 2.05) is 72.8 Å². The molecule has 4 rings (SSSR count). The van der Waals surface area contributed by atoms with E-state index in [-0.39, 0.29) is 11.9 Å². The van der Waals surface area contributed by atoms with Crippen LogP contribution in [0.4, 0.5) is 17.6 Å². The smallest absolute Gasteiger partial charge is 0.258 e. The summed E-state index contributed by atoms with van der Waals surface area (Å²) in [4.78, 5) is 16.9. The van der Waals surface area contributed by atoms with Crippen molar-refractivity contribution in [3.05, 3.63) is 94.1 Å². The highest BCUT2D eigenvalue weighted by molar-refractivity contribution is 14.1. The van der Waals surface area contributed by atoms with E-state index in [0.29, 0.717) is 11.5 Å². The molecule has 0 saturated carbocycles. The fourth-order valence-electron chi connectivity index (χ4n) is 2.62. The van der Waals surface area contributed by atoms with Gasteiger partial charge in [0, 0.05) is 14.8 Å². The third-order valence-electron chi connectivity index (χ3n) is 3.97. The van der Waals surface area contributed by atoms with Crippen LogP contribution < -0.4 is 10.6 Å². The normalized spacial score (nSPS) is 10.5. The SMILES string of the molecule is O=C(Nc1nc(Nc2ccccc2)n(-c2ccc(I)cc2)n1)c1ccccc1. The Morgan fingerprint density at radius 1 is 0.857 bits per heavy atom. The van der Waals surface area contributed by atoms with Crippen LogP contribution in [0.5, 0.6) is 0 Å². The van der Waals surface area contributed by atoms with Crippen molar-refractivity contribution in [2.45, 2.75) is 0 Å². The lowest BCUT2D eigenvalue weighted by atomic mass is 10.2. The van der Waals surface area contributed by atoms with E-state index < -0.39 is 0 Å². The summed E-state index contributed by atoms with van der Waals surface area (Å²) in [5, 5.41) is 10.5. The number of rotatable bonds is 5. The molecule has 0 bridgehead atoms. The van der Waals surface area contributed by atoms with Crippen molar-refractivity contribution in [2.75, 3.05) is 10.6 Å². The maximum absolute atomic E-state index is 12.5. The van der Waals surface area contributed by atoms with Gasteiger partial charge in [0.15, 0.2) is 0 Å². The van der Waals surface area contributed by atoms with Gasteiger partial charge >= 0.3 is 0 Å². The molecule has 7 heteroatoms. The molecule has 0 fully saturated rings. The highest BCUT2D eigenvalue weighted by Crippen LogP contribution is 2.21. The molecule has 4 aromatic rings. The first kappa shape index (κ1) is 18.2. The van der Waals surface area contributed by atoms with E-state index in [2.05, 4.69) is 43.3 Å². The molecule has 6 nitrogen and oxygen atoms in total. The van der Waals surface area contributed by atoms with Gasteiger partial charge in [0.1, 0.15) is 0 Å². The Hall–Kier alpha value is -3.20. The summed E-state index contributed by atoms with van der Waals surface area (Å²) in [5.41, 5.74) is 2.26. The van der Waals surface area contributed by atoms with Gasteiger partial charge < -0.3 is 5.32 Å². The molecule has 0 aliphatic rings. The lowest BCUT2D eigenvalue weighted by molar-refractivity contribution is 0.102. The first-order valence-corrected chi connectivity index (χ1v) is 9.68. The van der Waals surface area contributed by atoms with Crippen molar-refractivity contribution >= 4 is 46.1 Å². The lowest BCUT2D eigenvalue weighted by Crippen LogP contribution is -2.13. The third-order valence-corrected chi connectivity index (χ3v) is 4.69. The van der Waals surface area contributed by atoms with Gasteiger partial charge in [0.25, 0.3) is 11.9 Å². The fraction of sp³-hybridized carbons (Fsp3) is 0. The number of para-hydroxylation sites is 1. The number of nitrogens with zero attached hydrogens (tertiary/aromatic N) is 3. The van der Waals surface area contributed by atoms with Crippen LogP contribution in [0.1, 0.15) is 10.4 Å². The molecule has 0 saturated heterocycles. The number of halogens is 1. The molecule has 1 amide bonds. The Balaban J connectivity index is 1.67. The number of benzene rings is 3. The molecular formula is C21H16IN5O. The van der Waals surface area contributed by atoms with Crippen molar-refractivity contribution < 1.29 is 4.79 Å². The molecule has 138 valence electrons. The van der Waals surface area contributed by atoms with E-state index in [9.17, 15) is 4.79 Å². The zero-order valence-electron chi connectivity index (χ0n) is 14.7. The Kier molecular flexibility index (Phi) is 5.34. The standard InChI is InChI=1S/C21H16IN5O/c22-16-11-13-18(14-12-16)27-21(23-17-9-5-2-6-10-17)25-20(26-27)24-19(28)15-7-3-1-4-8-15/h1-14H,(H2,23,24,25,26,28). The number of amides is 1. The zero-order valence-corrected chi connectivity index (χ0v) is 16.9. The highest BCUT2D eigenvalue weighted by atomic mass is 127. The molecule has 0 radical (unpaired) electrons. The minimum atomic E-state index is -0.258. The number of hydrogen-bond donors (Lipinski definition) is 2. The largest absolute Gasteiger partial charge is 0.324 e. The van der Waals surface area contributed by atoms with Crippen molar-refractivity contribution in [3.63, 3.8) is 0 Å². The Bertz CT molecular complexity index is 1080. The van der Waals surface area contributed by atoms with Crippen LogP contribution in [-0.4, -0.2) is 20.7 Å². The Morgan fingerprint density at radius 3 is 2.18 bits per heavy atom. The van der Waals surface area contributed by atoms with Crippen molar-refractivity contribution in [1.82, 2.24) is 14.8 Å². The van der Waals surface area contributed by atoms with Crippen LogP contribution in [0.15, 0.2) is 84.9 Å². The predicted molar refractivity (Wildman–Crippen MR) is 118 cm³/mol. The summed E-state index contributed by atoms with van der Waals surface area (Å²) in [6.45, 7) is 0. The highest BCUT2D eigenvalue weighted by Gasteiger charge is 2.15. The van der Waals surface area contributed by atoms with Crippen LogP contribution >= 0.6 is 22.6 Å². The first-order chi connectivity index (χ1) is 13.7. The molecule has 0 unspecified atom stereocenters. The van der Waals surface area contributed by atoms with Gasteiger partial charge in [-0.15, -0.1) is 5.10 Å². The second-order valence-corrected chi connectivity index (χ2v) is 7.20. The number of nitrogens with one attached hydrogen (secondary N) is 2. The average Bonchev–Trinajstić information content (AvgIpc) is 3.12. The Labute approximate surface area is 175 Å². The summed E-state index contributed by atoms with van der Waals surface area (Å²) >= 11 is 2.25. The maximum Gasteiger partial charge on any atom is 0.258 e.